The summed E-state index contributed by atoms with van der Waals surface area (Å²) in [7, 11) is 0. The van der Waals surface area contributed by atoms with Gasteiger partial charge in [0.2, 0.25) is 0 Å². The van der Waals surface area contributed by atoms with Crippen LogP contribution in [0.15, 0.2) is 41.1 Å². The predicted octanol–water partition coefficient (Wildman–Crippen LogP) is 5.23. The fourth-order valence-corrected chi connectivity index (χ4v) is 5.75. The first kappa shape index (κ1) is 27.9. The van der Waals surface area contributed by atoms with E-state index in [0.29, 0.717) is 37.7 Å². The fourth-order valence-electron chi connectivity index (χ4n) is 5.75. The third-order valence-corrected chi connectivity index (χ3v) is 7.73. The number of hydrogen-bond acceptors (Lipinski definition) is 7. The number of aromatic nitrogens is 2. The molecule has 0 bridgehead atoms. The van der Waals surface area contributed by atoms with Gasteiger partial charge < -0.3 is 24.2 Å². The molecule has 0 saturated carbocycles. The average molecular weight is 550 g/mol. The number of ether oxygens (including phenoxy) is 1. The average Bonchev–Trinajstić information content (AvgIpc) is 3.42. The number of urea groups is 1. The molecule has 2 fully saturated rings. The van der Waals surface area contributed by atoms with E-state index in [9.17, 15) is 14.7 Å². The largest absolute Gasteiger partial charge is 0.444 e. The molecule has 0 unspecified atom stereocenters. The van der Waals surface area contributed by atoms with Crippen LogP contribution in [0.25, 0.3) is 10.8 Å². The van der Waals surface area contributed by atoms with Gasteiger partial charge in [0.05, 0.1) is 12.6 Å². The van der Waals surface area contributed by atoms with Gasteiger partial charge in [-0.1, -0.05) is 23.4 Å². The van der Waals surface area contributed by atoms with E-state index in [1.54, 1.807) is 17.2 Å². The summed E-state index contributed by atoms with van der Waals surface area (Å²) in [4.78, 5) is 37.5. The van der Waals surface area contributed by atoms with Crippen LogP contribution in [0.1, 0.15) is 69.4 Å². The molecule has 3 amide bonds. The van der Waals surface area contributed by atoms with Gasteiger partial charge in [-0.05, 0) is 70.4 Å². The first-order valence-electron chi connectivity index (χ1n) is 14.1. The van der Waals surface area contributed by atoms with Crippen LogP contribution >= 0.6 is 0 Å². The number of pyridine rings is 1. The molecular formula is C30H39N5O5. The number of rotatable bonds is 4. The molecule has 2 saturated heterocycles. The molecule has 10 nitrogen and oxygen atoms in total. The lowest BCUT2D eigenvalue weighted by molar-refractivity contribution is 0.0197. The van der Waals surface area contributed by atoms with Crippen LogP contribution in [0.4, 0.5) is 15.4 Å². The third kappa shape index (κ3) is 5.91. The van der Waals surface area contributed by atoms with Crippen molar-refractivity contribution in [3.8, 4) is 0 Å². The number of aryl methyl sites for hydroxylation is 1. The van der Waals surface area contributed by atoms with Gasteiger partial charge in [-0.2, -0.15) is 0 Å². The van der Waals surface area contributed by atoms with Crippen molar-refractivity contribution in [3.05, 3.63) is 53.5 Å². The Kier molecular flexibility index (Phi) is 7.98. The third-order valence-electron chi connectivity index (χ3n) is 7.73. The van der Waals surface area contributed by atoms with Crippen molar-refractivity contribution in [2.75, 3.05) is 31.1 Å². The Hall–Kier alpha value is -3.66. The number of piperidine rings is 2. The number of hydrogen-bond donors (Lipinski definition) is 1. The minimum Gasteiger partial charge on any atom is -0.444 e. The van der Waals surface area contributed by atoms with Crippen molar-refractivity contribution in [1.29, 1.82) is 0 Å². The maximum Gasteiger partial charge on any atom is 0.410 e. The molecule has 10 heteroatoms. The van der Waals surface area contributed by atoms with Crippen LogP contribution in [0.3, 0.4) is 0 Å². The molecule has 40 heavy (non-hydrogen) atoms. The number of carbonyl (C=O) groups is 2. The van der Waals surface area contributed by atoms with Gasteiger partial charge in [0, 0.05) is 49.7 Å². The highest BCUT2D eigenvalue weighted by molar-refractivity contribution is 6.03. The van der Waals surface area contributed by atoms with Gasteiger partial charge in [-0.25, -0.2) is 14.6 Å². The number of aliphatic hydroxyl groups is 1. The molecule has 4 heterocycles. The van der Waals surface area contributed by atoms with Crippen LogP contribution < -0.4 is 4.90 Å². The van der Waals surface area contributed by atoms with Crippen molar-refractivity contribution >= 4 is 28.7 Å². The normalized spacial score (nSPS) is 18.7. The zero-order chi connectivity index (χ0) is 28.4. The highest BCUT2D eigenvalue weighted by Crippen LogP contribution is 2.34. The molecule has 2 aliphatic heterocycles. The Balaban J connectivity index is 1.43. The predicted molar refractivity (Wildman–Crippen MR) is 151 cm³/mol. The van der Waals surface area contributed by atoms with E-state index in [1.165, 1.54) is 0 Å². The molecule has 214 valence electrons. The molecule has 0 spiro atoms. The lowest BCUT2D eigenvalue weighted by Crippen LogP contribution is -2.56. The second-order valence-corrected chi connectivity index (χ2v) is 11.8. The van der Waals surface area contributed by atoms with Crippen LogP contribution in [0.5, 0.6) is 0 Å². The fraction of sp³-hybridized carbons (Fsp3) is 0.533. The molecule has 2 aromatic heterocycles. The maximum atomic E-state index is 14.4. The van der Waals surface area contributed by atoms with Gasteiger partial charge in [0.25, 0.3) is 0 Å². The van der Waals surface area contributed by atoms with Gasteiger partial charge in [0.1, 0.15) is 22.9 Å². The first-order chi connectivity index (χ1) is 19.1. The zero-order valence-corrected chi connectivity index (χ0v) is 23.8. The Morgan fingerprint density at radius 2 is 1.90 bits per heavy atom. The molecule has 1 aromatic carbocycles. The van der Waals surface area contributed by atoms with E-state index >= 15 is 0 Å². The highest BCUT2D eigenvalue weighted by atomic mass is 16.6. The number of nitrogens with zero attached hydrogens (tertiary/aromatic N) is 5. The molecule has 2 aliphatic rings. The van der Waals surface area contributed by atoms with Gasteiger partial charge in [-0.3, -0.25) is 4.90 Å². The molecule has 1 N–H and O–H groups in total. The van der Waals surface area contributed by atoms with Crippen molar-refractivity contribution in [3.63, 3.8) is 0 Å². The zero-order valence-electron chi connectivity index (χ0n) is 23.8. The summed E-state index contributed by atoms with van der Waals surface area (Å²) in [5.74, 6) is 1.52. The molecule has 3 aromatic rings. The van der Waals surface area contributed by atoms with Gasteiger partial charge >= 0.3 is 12.1 Å². The Labute approximate surface area is 234 Å². The number of aliphatic hydroxyl groups excluding tert-OH is 1. The lowest BCUT2D eigenvalue weighted by atomic mass is 9.94. The van der Waals surface area contributed by atoms with Crippen LogP contribution in [0, 0.1) is 6.92 Å². The second kappa shape index (κ2) is 11.4. The van der Waals surface area contributed by atoms with E-state index in [2.05, 4.69) is 5.16 Å². The molecule has 0 aliphatic carbocycles. The van der Waals surface area contributed by atoms with Crippen molar-refractivity contribution < 1.29 is 24.0 Å². The topological polar surface area (TPSA) is 112 Å². The van der Waals surface area contributed by atoms with Crippen LogP contribution in [-0.4, -0.2) is 75.0 Å². The maximum absolute atomic E-state index is 14.4. The molecule has 5 rings (SSSR count). The second-order valence-electron chi connectivity index (χ2n) is 11.8. The van der Waals surface area contributed by atoms with E-state index < -0.39 is 5.60 Å². The van der Waals surface area contributed by atoms with Crippen LogP contribution in [-0.2, 0) is 11.3 Å². The first-order valence-corrected chi connectivity index (χ1v) is 14.1. The summed E-state index contributed by atoms with van der Waals surface area (Å²) >= 11 is 0. The van der Waals surface area contributed by atoms with Crippen molar-refractivity contribution in [2.24, 2.45) is 0 Å². The number of carbonyl (C=O) groups excluding carboxylic acids is 2. The number of amides is 3. The number of fused-ring (bicyclic) bond motifs is 1. The van der Waals surface area contributed by atoms with Crippen molar-refractivity contribution in [2.45, 2.75) is 77.5 Å². The summed E-state index contributed by atoms with van der Waals surface area (Å²) in [5, 5.41) is 15.2. The minimum atomic E-state index is -0.598. The quantitative estimate of drug-likeness (QED) is 0.474. The van der Waals surface area contributed by atoms with E-state index in [4.69, 9.17) is 14.2 Å². The molecular weight excluding hydrogens is 510 g/mol. The Bertz CT molecular complexity index is 1350. The van der Waals surface area contributed by atoms with Gasteiger partial charge in [-0.15, -0.1) is 0 Å². The van der Waals surface area contributed by atoms with Crippen molar-refractivity contribution in [1.82, 2.24) is 19.9 Å². The Morgan fingerprint density at radius 3 is 2.60 bits per heavy atom. The number of anilines is 1. The summed E-state index contributed by atoms with van der Waals surface area (Å²) in [6.07, 6.45) is 4.38. The summed E-state index contributed by atoms with van der Waals surface area (Å²) in [5.41, 5.74) is 0.963. The number of likely N-dealkylation sites (tertiary alicyclic amines) is 2. The SMILES string of the molecule is Cc1cccc2ccnc(N(C(=O)N3CCC(c4cc(CO)no4)CC3)[C@@H]3CCCN(C(=O)OC(C)(C)C)C3)c12. The summed E-state index contributed by atoms with van der Waals surface area (Å²) < 4.78 is 11.1. The lowest BCUT2D eigenvalue weighted by Gasteiger charge is -2.42. The van der Waals surface area contributed by atoms with Crippen LogP contribution in [0.2, 0.25) is 0 Å². The van der Waals surface area contributed by atoms with E-state index in [-0.39, 0.29) is 30.7 Å². The standard InChI is InChI=1S/C30H39N5O5/c1-20-7-5-8-22-10-13-31-27(26(20)22)35(24-9-6-14-34(18-24)29(38)39-30(2,3)4)28(37)33-15-11-21(12-16-33)25-17-23(19-36)32-40-25/h5,7-8,10,13,17,21,24,36H,6,9,11-12,14-16,18-19H2,1-4H3/t24-/m1/s1. The summed E-state index contributed by atoms with van der Waals surface area (Å²) in [6.45, 7) is 9.54. The minimum absolute atomic E-state index is 0.105. The van der Waals surface area contributed by atoms with Gasteiger partial charge in [0.15, 0.2) is 0 Å². The highest BCUT2D eigenvalue weighted by Gasteiger charge is 2.38. The van der Waals surface area contributed by atoms with E-state index in [1.807, 2.05) is 61.8 Å². The smallest absolute Gasteiger partial charge is 0.410 e. The summed E-state index contributed by atoms with van der Waals surface area (Å²) in [6, 6.07) is 9.49. The molecule has 0 radical (unpaired) electrons. The monoisotopic (exact) mass is 549 g/mol. The Morgan fingerprint density at radius 1 is 1.12 bits per heavy atom. The number of benzene rings is 1. The molecule has 1 atom stereocenters. The van der Waals surface area contributed by atoms with E-state index in [0.717, 1.165) is 47.8 Å².